The molecule has 0 bridgehead atoms. The Balaban J connectivity index is 2.29. The second-order valence-corrected chi connectivity index (χ2v) is 4.58. The minimum absolute atomic E-state index is 0.0968. The van der Waals surface area contributed by atoms with Crippen LogP contribution in [0.3, 0.4) is 0 Å². The zero-order valence-electron chi connectivity index (χ0n) is 10.8. The van der Waals surface area contributed by atoms with Crippen molar-refractivity contribution in [3.63, 3.8) is 0 Å². The molecule has 0 fully saturated rings. The van der Waals surface area contributed by atoms with E-state index >= 15 is 0 Å². The molecular weight excluding hydrogens is 246 g/mol. The number of hydrogen-bond donors (Lipinski definition) is 1. The lowest BCUT2D eigenvalue weighted by Crippen LogP contribution is -2.02. The molecule has 0 spiro atoms. The fourth-order valence-corrected chi connectivity index (χ4v) is 1.95. The number of aliphatic hydroxyl groups is 1. The molecule has 100 valence electrons. The monoisotopic (exact) mass is 261 g/mol. The van der Waals surface area contributed by atoms with Crippen LogP contribution in [-0.2, 0) is 6.42 Å². The summed E-state index contributed by atoms with van der Waals surface area (Å²) >= 11 is 0. The molecule has 0 aliphatic rings. The van der Waals surface area contributed by atoms with E-state index in [0.717, 1.165) is 5.56 Å². The number of nitrogens with zero attached hydrogens (tertiary/aromatic N) is 1. The smallest absolute Gasteiger partial charge is 0.272 e. The van der Waals surface area contributed by atoms with Gasteiger partial charge in [-0.15, -0.1) is 0 Å². The van der Waals surface area contributed by atoms with Gasteiger partial charge in [-0.3, -0.25) is 10.1 Å². The van der Waals surface area contributed by atoms with Crippen LogP contribution in [0.2, 0.25) is 0 Å². The van der Waals surface area contributed by atoms with Crippen LogP contribution < -0.4 is 0 Å². The Morgan fingerprint density at radius 2 is 2.11 bits per heavy atom. The third-order valence-corrected chi connectivity index (χ3v) is 2.84. The Morgan fingerprint density at radius 1 is 1.37 bits per heavy atom. The lowest BCUT2D eigenvalue weighted by Gasteiger charge is -2.02. The molecular formula is C14H15NO4. The summed E-state index contributed by atoms with van der Waals surface area (Å²) in [7, 11) is 0. The molecule has 5 heteroatoms. The summed E-state index contributed by atoms with van der Waals surface area (Å²) < 4.78 is 5.61. The molecule has 0 aliphatic heterocycles. The van der Waals surface area contributed by atoms with Gasteiger partial charge in [0, 0.05) is 23.6 Å². The number of nitro groups is 1. The van der Waals surface area contributed by atoms with Gasteiger partial charge in [-0.1, -0.05) is 0 Å². The Labute approximate surface area is 110 Å². The summed E-state index contributed by atoms with van der Waals surface area (Å²) in [6.07, 6.45) is -0.0102. The molecule has 0 amide bonds. The summed E-state index contributed by atoms with van der Waals surface area (Å²) in [6, 6.07) is 8.47. The van der Waals surface area contributed by atoms with Gasteiger partial charge in [-0.25, -0.2) is 0 Å². The maximum atomic E-state index is 10.7. The lowest BCUT2D eigenvalue weighted by atomic mass is 10.1. The van der Waals surface area contributed by atoms with Crippen molar-refractivity contribution < 1.29 is 14.4 Å². The minimum atomic E-state index is -0.461. The second-order valence-electron chi connectivity index (χ2n) is 4.58. The molecule has 1 aromatic carbocycles. The van der Waals surface area contributed by atoms with Crippen molar-refractivity contribution in [1.82, 2.24) is 0 Å². The second kappa shape index (κ2) is 5.24. The highest BCUT2D eigenvalue weighted by atomic mass is 16.6. The summed E-state index contributed by atoms with van der Waals surface area (Å²) in [4.78, 5) is 10.3. The summed E-state index contributed by atoms with van der Waals surface area (Å²) in [5.74, 6) is 1.34. The van der Waals surface area contributed by atoms with Crippen LogP contribution in [0, 0.1) is 17.0 Å². The number of rotatable bonds is 4. The Hall–Kier alpha value is -2.14. The largest absolute Gasteiger partial charge is 0.461 e. The third-order valence-electron chi connectivity index (χ3n) is 2.84. The molecule has 19 heavy (non-hydrogen) atoms. The molecule has 0 saturated heterocycles. The van der Waals surface area contributed by atoms with E-state index in [1.807, 2.05) is 0 Å². The van der Waals surface area contributed by atoms with E-state index < -0.39 is 11.0 Å². The van der Waals surface area contributed by atoms with E-state index in [9.17, 15) is 15.2 Å². The molecule has 2 aromatic rings. The van der Waals surface area contributed by atoms with Crippen LogP contribution >= 0.6 is 0 Å². The highest BCUT2D eigenvalue weighted by molar-refractivity contribution is 5.62. The van der Waals surface area contributed by atoms with Crippen molar-refractivity contribution in [2.75, 3.05) is 0 Å². The first-order valence-electron chi connectivity index (χ1n) is 5.99. The predicted octanol–water partition coefficient (Wildman–Crippen LogP) is 3.09. The molecule has 5 nitrogen and oxygen atoms in total. The van der Waals surface area contributed by atoms with E-state index in [-0.39, 0.29) is 5.69 Å². The fraction of sp³-hybridized carbons (Fsp3) is 0.286. The standard InChI is InChI=1S/C14H15NO4/c1-9-7-11(3-5-13(9)15(17)18)14-6-4-12(19-14)8-10(2)16/h3-7,10,16H,8H2,1-2H3. The zero-order chi connectivity index (χ0) is 14.0. The highest BCUT2D eigenvalue weighted by Gasteiger charge is 2.13. The number of aliphatic hydroxyl groups excluding tert-OH is 1. The number of furan rings is 1. The van der Waals surface area contributed by atoms with Crippen molar-refractivity contribution in [1.29, 1.82) is 0 Å². The van der Waals surface area contributed by atoms with Crippen LogP contribution in [0.15, 0.2) is 34.7 Å². The number of benzene rings is 1. The van der Waals surface area contributed by atoms with Crippen LogP contribution in [0.1, 0.15) is 18.2 Å². The molecule has 1 N–H and O–H groups in total. The first-order valence-corrected chi connectivity index (χ1v) is 5.99. The molecule has 1 aromatic heterocycles. The van der Waals surface area contributed by atoms with E-state index in [2.05, 4.69) is 0 Å². The van der Waals surface area contributed by atoms with Crippen molar-refractivity contribution >= 4 is 5.69 Å². The average molecular weight is 261 g/mol. The zero-order valence-corrected chi connectivity index (χ0v) is 10.8. The van der Waals surface area contributed by atoms with Gasteiger partial charge in [0.2, 0.25) is 0 Å². The van der Waals surface area contributed by atoms with Gasteiger partial charge in [0.05, 0.1) is 11.0 Å². The highest BCUT2D eigenvalue weighted by Crippen LogP contribution is 2.27. The minimum Gasteiger partial charge on any atom is -0.461 e. The van der Waals surface area contributed by atoms with E-state index in [0.29, 0.717) is 23.5 Å². The summed E-state index contributed by atoms with van der Waals surface area (Å²) in [5, 5.41) is 20.0. The number of aryl methyl sites for hydroxylation is 1. The Bertz CT molecular complexity index is 601. The molecule has 1 unspecified atom stereocenters. The van der Waals surface area contributed by atoms with Gasteiger partial charge in [0.15, 0.2) is 0 Å². The summed E-state index contributed by atoms with van der Waals surface area (Å²) in [6.45, 7) is 3.39. The van der Waals surface area contributed by atoms with Crippen molar-refractivity contribution in [2.24, 2.45) is 0 Å². The molecule has 0 radical (unpaired) electrons. The van der Waals surface area contributed by atoms with E-state index in [1.165, 1.54) is 6.07 Å². The topological polar surface area (TPSA) is 76.5 Å². The van der Waals surface area contributed by atoms with Gasteiger partial charge in [-0.2, -0.15) is 0 Å². The van der Waals surface area contributed by atoms with Crippen molar-refractivity contribution in [3.05, 3.63) is 51.8 Å². The van der Waals surface area contributed by atoms with Crippen molar-refractivity contribution in [3.8, 4) is 11.3 Å². The van der Waals surface area contributed by atoms with Crippen LogP contribution in [0.5, 0.6) is 0 Å². The first kappa shape index (κ1) is 13.3. The number of nitro benzene ring substituents is 1. The quantitative estimate of drug-likeness (QED) is 0.677. The number of hydrogen-bond acceptors (Lipinski definition) is 4. The Morgan fingerprint density at radius 3 is 2.68 bits per heavy atom. The van der Waals surface area contributed by atoms with E-state index in [4.69, 9.17) is 4.42 Å². The predicted molar refractivity (Wildman–Crippen MR) is 70.9 cm³/mol. The maximum Gasteiger partial charge on any atom is 0.272 e. The normalized spacial score (nSPS) is 12.4. The van der Waals surface area contributed by atoms with Gasteiger partial charge >= 0.3 is 0 Å². The van der Waals surface area contributed by atoms with Crippen molar-refractivity contribution in [2.45, 2.75) is 26.4 Å². The Kier molecular flexibility index (Phi) is 3.66. The molecule has 1 atom stereocenters. The fourth-order valence-electron chi connectivity index (χ4n) is 1.95. The first-order chi connectivity index (χ1) is 8.97. The maximum absolute atomic E-state index is 10.7. The molecule has 0 saturated carbocycles. The average Bonchev–Trinajstić information content (AvgIpc) is 2.75. The third kappa shape index (κ3) is 3.00. The van der Waals surface area contributed by atoms with E-state index in [1.54, 1.807) is 38.1 Å². The van der Waals surface area contributed by atoms with Gasteiger partial charge < -0.3 is 9.52 Å². The SMILES string of the molecule is Cc1cc(-c2ccc(CC(C)O)o2)ccc1[N+](=O)[O-]. The lowest BCUT2D eigenvalue weighted by molar-refractivity contribution is -0.385. The van der Waals surface area contributed by atoms with Gasteiger partial charge in [0.25, 0.3) is 5.69 Å². The summed E-state index contributed by atoms with van der Waals surface area (Å²) in [5.41, 5.74) is 1.48. The molecule has 2 rings (SSSR count). The van der Waals surface area contributed by atoms with Crippen LogP contribution in [0.25, 0.3) is 11.3 Å². The van der Waals surface area contributed by atoms with Gasteiger partial charge in [-0.05, 0) is 38.1 Å². The molecule has 1 heterocycles. The van der Waals surface area contributed by atoms with Gasteiger partial charge in [0.1, 0.15) is 11.5 Å². The molecule has 0 aliphatic carbocycles. The van der Waals surface area contributed by atoms with Crippen LogP contribution in [-0.4, -0.2) is 16.1 Å². The van der Waals surface area contributed by atoms with Crippen LogP contribution in [0.4, 0.5) is 5.69 Å².